The van der Waals surface area contributed by atoms with Gasteiger partial charge in [-0.05, 0) is 30.3 Å². The fourth-order valence-electron chi connectivity index (χ4n) is 2.18. The minimum absolute atomic E-state index is 0. The van der Waals surface area contributed by atoms with Crippen LogP contribution in [0.2, 0.25) is 0 Å². The van der Waals surface area contributed by atoms with Crippen LogP contribution in [-0.4, -0.2) is 21.0 Å². The van der Waals surface area contributed by atoms with Crippen molar-refractivity contribution in [3.63, 3.8) is 0 Å². The van der Waals surface area contributed by atoms with E-state index in [1.54, 1.807) is 12.3 Å². The monoisotopic (exact) mass is 574 g/mol. The smallest absolute Gasteiger partial charge is 0.354 e. The molecule has 2 aromatic heterocycles. The molecular weight excluding hydrogens is 543 g/mol. The van der Waals surface area contributed by atoms with Crippen LogP contribution in [0.25, 0.3) is 11.3 Å². The fraction of sp³-hybridized carbons (Fsp3) is 0.292. The summed E-state index contributed by atoms with van der Waals surface area (Å²) >= 11 is 0. The Morgan fingerprint density at radius 2 is 1.55 bits per heavy atom. The van der Waals surface area contributed by atoms with Crippen LogP contribution in [0.1, 0.15) is 63.3 Å². The third-order valence-corrected chi connectivity index (χ3v) is 3.19. The van der Waals surface area contributed by atoms with E-state index in [0.29, 0.717) is 12.1 Å². The summed E-state index contributed by atoms with van der Waals surface area (Å²) in [5.41, 5.74) is 3.47. The van der Waals surface area contributed by atoms with E-state index in [-0.39, 0.29) is 26.8 Å². The summed E-state index contributed by atoms with van der Waals surface area (Å²) in [6.45, 7) is 12.0. The summed E-state index contributed by atoms with van der Waals surface area (Å²) < 4.78 is 0. The van der Waals surface area contributed by atoms with E-state index in [9.17, 15) is 4.79 Å². The quantitative estimate of drug-likeness (QED) is 0.371. The molecule has 0 unspecified atom stereocenters. The third-order valence-electron chi connectivity index (χ3n) is 3.19. The third kappa shape index (κ3) is 10.1. The van der Waals surface area contributed by atoms with Crippen molar-refractivity contribution in [3.8, 4) is 11.3 Å². The van der Waals surface area contributed by atoms with Gasteiger partial charge >= 0.3 is 5.97 Å². The van der Waals surface area contributed by atoms with E-state index in [0.717, 1.165) is 16.8 Å². The molecule has 0 amide bonds. The van der Waals surface area contributed by atoms with Gasteiger partial charge in [-0.25, -0.2) is 9.78 Å². The number of hydrogen-bond acceptors (Lipinski definition) is 3. The molecule has 4 nitrogen and oxygen atoms in total. The first kappa shape index (κ1) is 28.9. The van der Waals surface area contributed by atoms with Gasteiger partial charge in [-0.1, -0.05) is 59.7 Å². The summed E-state index contributed by atoms with van der Waals surface area (Å²) in [5.74, 6) is -1.02. The summed E-state index contributed by atoms with van der Waals surface area (Å²) in [7, 11) is 0. The molecule has 5 heteroatoms. The van der Waals surface area contributed by atoms with E-state index in [1.165, 1.54) is 6.07 Å². The molecule has 0 aliphatic rings. The van der Waals surface area contributed by atoms with Gasteiger partial charge in [0.1, 0.15) is 5.69 Å². The molecule has 0 saturated heterocycles. The maximum atomic E-state index is 11.0. The van der Waals surface area contributed by atoms with Gasteiger partial charge in [-0.15, -0.1) is 35.4 Å². The summed E-state index contributed by atoms with van der Waals surface area (Å²) in [6, 6.07) is 19.9. The van der Waals surface area contributed by atoms with E-state index >= 15 is 0 Å². The van der Waals surface area contributed by atoms with Crippen LogP contribution in [0, 0.1) is 6.07 Å². The predicted molar refractivity (Wildman–Crippen MR) is 117 cm³/mol. The van der Waals surface area contributed by atoms with Gasteiger partial charge < -0.3 is 10.1 Å². The summed E-state index contributed by atoms with van der Waals surface area (Å²) in [5, 5.41) is 8.99. The standard InChI is InChI=1S/C18H13N2O2.3C2H6.Pt/c21-18(22)17-9-4-7-15(20-17)12-13-5-3-6-14(11-13)16-8-1-2-10-19-16;3*1-2;/h1-10H,12H2,(H,21,22);3*1-2H3;/q-1;;;;. The second-order valence-corrected chi connectivity index (χ2v) is 4.80. The number of carboxylic acids is 1. The molecule has 29 heavy (non-hydrogen) atoms. The van der Waals surface area contributed by atoms with Gasteiger partial charge in [0, 0.05) is 33.0 Å². The molecule has 0 aliphatic heterocycles. The van der Waals surface area contributed by atoms with E-state index in [2.05, 4.69) is 16.0 Å². The van der Waals surface area contributed by atoms with Gasteiger partial charge in [-0.2, -0.15) is 0 Å². The van der Waals surface area contributed by atoms with Crippen molar-refractivity contribution in [3.05, 3.63) is 83.8 Å². The van der Waals surface area contributed by atoms with Gasteiger partial charge in [0.2, 0.25) is 0 Å². The number of carbonyl (C=O) groups is 1. The number of pyridine rings is 2. The molecule has 0 bridgehead atoms. The Balaban J connectivity index is 0. The van der Waals surface area contributed by atoms with Crippen LogP contribution in [0.15, 0.2) is 60.8 Å². The van der Waals surface area contributed by atoms with Crippen LogP contribution in [-0.2, 0) is 27.5 Å². The Hall–Kier alpha value is -2.32. The number of nitrogens with zero attached hydrogens (tertiary/aromatic N) is 2. The zero-order valence-corrected chi connectivity index (χ0v) is 20.3. The average Bonchev–Trinajstić information content (AvgIpc) is 2.79. The average molecular weight is 575 g/mol. The Bertz CT molecular complexity index is 809. The van der Waals surface area contributed by atoms with Crippen LogP contribution < -0.4 is 0 Å². The molecule has 0 aliphatic carbocycles. The Morgan fingerprint density at radius 1 is 0.897 bits per heavy atom. The van der Waals surface area contributed by atoms with Crippen LogP contribution in [0.4, 0.5) is 0 Å². The maximum absolute atomic E-state index is 11.0. The number of benzene rings is 1. The number of rotatable bonds is 4. The van der Waals surface area contributed by atoms with E-state index < -0.39 is 5.97 Å². The van der Waals surface area contributed by atoms with Crippen molar-refractivity contribution in [1.82, 2.24) is 9.97 Å². The van der Waals surface area contributed by atoms with Crippen molar-refractivity contribution in [2.45, 2.75) is 48.0 Å². The molecule has 3 rings (SSSR count). The summed E-state index contributed by atoms with van der Waals surface area (Å²) in [6.07, 6.45) is 2.27. The van der Waals surface area contributed by atoms with Crippen molar-refractivity contribution in [2.24, 2.45) is 0 Å². The molecule has 160 valence electrons. The molecule has 1 aromatic carbocycles. The minimum atomic E-state index is -1.02. The van der Waals surface area contributed by atoms with Crippen molar-refractivity contribution >= 4 is 5.97 Å². The number of aromatic carboxylic acids is 1. The van der Waals surface area contributed by atoms with Crippen LogP contribution in [0.3, 0.4) is 0 Å². The number of hydrogen-bond donors (Lipinski definition) is 1. The molecule has 0 saturated carbocycles. The van der Waals surface area contributed by atoms with Crippen molar-refractivity contribution in [1.29, 1.82) is 0 Å². The van der Waals surface area contributed by atoms with Gasteiger partial charge in [0.25, 0.3) is 0 Å². The van der Waals surface area contributed by atoms with Gasteiger partial charge in [0.15, 0.2) is 0 Å². The predicted octanol–water partition coefficient (Wildman–Crippen LogP) is 6.31. The molecule has 0 spiro atoms. The normalized spacial score (nSPS) is 8.48. The van der Waals surface area contributed by atoms with Crippen LogP contribution in [0.5, 0.6) is 0 Å². The molecule has 1 N–H and O–H groups in total. The van der Waals surface area contributed by atoms with Crippen molar-refractivity contribution in [2.75, 3.05) is 0 Å². The first-order valence-corrected chi connectivity index (χ1v) is 9.84. The van der Waals surface area contributed by atoms with Crippen molar-refractivity contribution < 1.29 is 31.0 Å². The number of carboxylic acid groups (broad SMARTS) is 1. The maximum Gasteiger partial charge on any atom is 0.354 e. The first-order valence-electron chi connectivity index (χ1n) is 9.84. The molecule has 0 radical (unpaired) electrons. The second-order valence-electron chi connectivity index (χ2n) is 4.80. The Labute approximate surface area is 189 Å². The summed E-state index contributed by atoms with van der Waals surface area (Å²) in [4.78, 5) is 19.4. The van der Waals surface area contributed by atoms with Crippen LogP contribution >= 0.6 is 0 Å². The van der Waals surface area contributed by atoms with Gasteiger partial charge in [0.05, 0.1) is 0 Å². The molecule has 2 heterocycles. The Kier molecular flexibility index (Phi) is 17.7. The van der Waals surface area contributed by atoms with Gasteiger partial charge in [-0.3, -0.25) is 0 Å². The molecule has 3 aromatic rings. The zero-order valence-electron chi connectivity index (χ0n) is 18.0. The Morgan fingerprint density at radius 3 is 2.14 bits per heavy atom. The van der Waals surface area contributed by atoms with E-state index in [1.807, 2.05) is 84.0 Å². The SMILES string of the molecule is CC.CC.CC.O=C(O)c1cccc(Cc2[c-]c(-c3ccccn3)ccc2)n1.[Pt]. The number of aromatic nitrogens is 2. The largest absolute Gasteiger partial charge is 0.477 e. The molecule has 0 fully saturated rings. The first-order chi connectivity index (χ1) is 13.7. The second kappa shape index (κ2) is 17.8. The topological polar surface area (TPSA) is 63.1 Å². The molecular formula is C24H31N2O2Pt-. The zero-order chi connectivity index (χ0) is 21.4. The molecule has 0 atom stereocenters. The fourth-order valence-corrected chi connectivity index (χ4v) is 2.18. The van der Waals surface area contributed by atoms with E-state index in [4.69, 9.17) is 5.11 Å². The minimum Gasteiger partial charge on any atom is -0.477 e.